The van der Waals surface area contributed by atoms with E-state index in [1.165, 1.54) is 0 Å². The molecule has 0 aliphatic heterocycles. The predicted octanol–water partition coefficient (Wildman–Crippen LogP) is 2.40. The lowest BCUT2D eigenvalue weighted by Crippen LogP contribution is -2.45. The Morgan fingerprint density at radius 3 is 2.54 bits per heavy atom. The SMILES string of the molecule is CNC1CCCCC1Nc1nc(Nc2ccncc2)c(C(N)=O)cc1F. The number of hydrogen-bond donors (Lipinski definition) is 4. The number of carbonyl (C=O) groups is 1. The molecule has 138 valence electrons. The minimum Gasteiger partial charge on any atom is -0.365 e. The fourth-order valence-electron chi connectivity index (χ4n) is 3.27. The summed E-state index contributed by atoms with van der Waals surface area (Å²) in [5, 5.41) is 9.47. The van der Waals surface area contributed by atoms with E-state index >= 15 is 0 Å². The number of halogens is 1. The van der Waals surface area contributed by atoms with Crippen molar-refractivity contribution < 1.29 is 9.18 Å². The van der Waals surface area contributed by atoms with Gasteiger partial charge in [0.1, 0.15) is 5.82 Å². The van der Waals surface area contributed by atoms with Crippen molar-refractivity contribution in [3.63, 3.8) is 0 Å². The van der Waals surface area contributed by atoms with Gasteiger partial charge in [-0.2, -0.15) is 0 Å². The quantitative estimate of drug-likeness (QED) is 0.632. The fourth-order valence-corrected chi connectivity index (χ4v) is 3.27. The van der Waals surface area contributed by atoms with Gasteiger partial charge < -0.3 is 21.7 Å². The minimum atomic E-state index is -0.745. The predicted molar refractivity (Wildman–Crippen MR) is 99.0 cm³/mol. The van der Waals surface area contributed by atoms with E-state index in [-0.39, 0.29) is 29.3 Å². The van der Waals surface area contributed by atoms with Gasteiger partial charge in [0.15, 0.2) is 11.6 Å². The van der Waals surface area contributed by atoms with Crippen LogP contribution in [0.15, 0.2) is 30.6 Å². The maximum atomic E-state index is 14.5. The number of carbonyl (C=O) groups excluding carboxylic acids is 1. The second-order valence-corrected chi connectivity index (χ2v) is 6.37. The molecule has 7 nitrogen and oxygen atoms in total. The van der Waals surface area contributed by atoms with Crippen molar-refractivity contribution in [2.75, 3.05) is 17.7 Å². The summed E-state index contributed by atoms with van der Waals surface area (Å²) in [7, 11) is 1.90. The van der Waals surface area contributed by atoms with E-state index in [4.69, 9.17) is 5.73 Å². The summed E-state index contributed by atoms with van der Waals surface area (Å²) in [6, 6.07) is 4.89. The summed E-state index contributed by atoms with van der Waals surface area (Å²) in [4.78, 5) is 19.9. The van der Waals surface area contributed by atoms with E-state index < -0.39 is 11.7 Å². The zero-order chi connectivity index (χ0) is 18.5. The molecule has 2 aromatic rings. The molecular formula is C18H23FN6O. The van der Waals surface area contributed by atoms with Crippen LogP contribution in [0, 0.1) is 5.82 Å². The van der Waals surface area contributed by atoms with Gasteiger partial charge in [-0.15, -0.1) is 0 Å². The molecule has 2 atom stereocenters. The summed E-state index contributed by atoms with van der Waals surface area (Å²) in [5.41, 5.74) is 6.06. The number of primary amides is 1. The number of nitrogens with zero attached hydrogens (tertiary/aromatic N) is 2. The number of hydrogen-bond acceptors (Lipinski definition) is 6. The van der Waals surface area contributed by atoms with Gasteiger partial charge in [0.05, 0.1) is 5.56 Å². The third-order valence-electron chi connectivity index (χ3n) is 4.64. The molecule has 0 saturated heterocycles. The Hall–Kier alpha value is -2.74. The van der Waals surface area contributed by atoms with Crippen LogP contribution in [-0.2, 0) is 0 Å². The van der Waals surface area contributed by atoms with Gasteiger partial charge in [-0.1, -0.05) is 12.8 Å². The second kappa shape index (κ2) is 8.09. The molecule has 2 aromatic heterocycles. The molecule has 0 radical (unpaired) electrons. The molecule has 2 heterocycles. The van der Waals surface area contributed by atoms with Crippen molar-refractivity contribution in [3.05, 3.63) is 42.0 Å². The highest BCUT2D eigenvalue weighted by molar-refractivity contribution is 5.98. The van der Waals surface area contributed by atoms with Crippen LogP contribution >= 0.6 is 0 Å². The zero-order valence-electron chi connectivity index (χ0n) is 14.6. The highest BCUT2D eigenvalue weighted by Gasteiger charge is 2.25. The standard InChI is InChI=1S/C18H23FN6O/c1-21-14-4-2-3-5-15(14)24-18-13(19)10-12(16(20)26)17(25-18)23-11-6-8-22-9-7-11/h6-10,14-15,21H,2-5H2,1H3,(H2,20,26)(H2,22,23,24,25). The lowest BCUT2D eigenvalue weighted by molar-refractivity contribution is 0.100. The van der Waals surface area contributed by atoms with E-state index in [2.05, 4.69) is 25.9 Å². The smallest absolute Gasteiger partial charge is 0.252 e. The van der Waals surface area contributed by atoms with E-state index in [9.17, 15) is 9.18 Å². The first-order valence-corrected chi connectivity index (χ1v) is 8.69. The number of amides is 1. The first kappa shape index (κ1) is 18.1. The van der Waals surface area contributed by atoms with Gasteiger partial charge in [0.25, 0.3) is 5.91 Å². The number of rotatable bonds is 6. The van der Waals surface area contributed by atoms with Crippen LogP contribution < -0.4 is 21.7 Å². The third-order valence-corrected chi connectivity index (χ3v) is 4.64. The molecule has 1 fully saturated rings. The minimum absolute atomic E-state index is 0.00123. The van der Waals surface area contributed by atoms with Gasteiger partial charge in [-0.25, -0.2) is 9.37 Å². The molecular weight excluding hydrogens is 335 g/mol. The van der Waals surface area contributed by atoms with Gasteiger partial charge in [-0.05, 0) is 38.1 Å². The Morgan fingerprint density at radius 1 is 1.19 bits per heavy atom. The molecule has 1 aliphatic rings. The molecule has 8 heteroatoms. The Labute approximate surface area is 151 Å². The summed E-state index contributed by atoms with van der Waals surface area (Å²) in [6.45, 7) is 0. The molecule has 0 spiro atoms. The Balaban J connectivity index is 1.90. The maximum Gasteiger partial charge on any atom is 0.252 e. The van der Waals surface area contributed by atoms with Gasteiger partial charge >= 0.3 is 0 Å². The van der Waals surface area contributed by atoms with Crippen molar-refractivity contribution >= 4 is 23.2 Å². The molecule has 3 rings (SSSR count). The summed E-state index contributed by atoms with van der Waals surface area (Å²) >= 11 is 0. The molecule has 1 saturated carbocycles. The van der Waals surface area contributed by atoms with Gasteiger partial charge in [-0.3, -0.25) is 9.78 Å². The average molecular weight is 358 g/mol. The topological polar surface area (TPSA) is 105 Å². The van der Waals surface area contributed by atoms with Crippen LogP contribution in [0.4, 0.5) is 21.7 Å². The molecule has 1 aliphatic carbocycles. The van der Waals surface area contributed by atoms with E-state index in [1.54, 1.807) is 24.5 Å². The third kappa shape index (κ3) is 4.08. The Bertz CT molecular complexity index is 770. The summed E-state index contributed by atoms with van der Waals surface area (Å²) < 4.78 is 14.5. The second-order valence-electron chi connectivity index (χ2n) is 6.37. The molecule has 1 amide bonds. The Morgan fingerprint density at radius 2 is 1.88 bits per heavy atom. The summed E-state index contributed by atoms with van der Waals surface area (Å²) in [5.74, 6) is -1.02. The van der Waals surface area contributed by atoms with Crippen molar-refractivity contribution in [1.82, 2.24) is 15.3 Å². The zero-order valence-corrected chi connectivity index (χ0v) is 14.6. The maximum absolute atomic E-state index is 14.5. The lowest BCUT2D eigenvalue weighted by Gasteiger charge is -2.32. The van der Waals surface area contributed by atoms with E-state index in [0.717, 1.165) is 31.7 Å². The van der Waals surface area contributed by atoms with Crippen molar-refractivity contribution in [2.24, 2.45) is 5.73 Å². The number of anilines is 3. The van der Waals surface area contributed by atoms with Crippen LogP contribution in [0.1, 0.15) is 36.0 Å². The van der Waals surface area contributed by atoms with Crippen LogP contribution in [0.5, 0.6) is 0 Å². The van der Waals surface area contributed by atoms with Crippen molar-refractivity contribution in [3.8, 4) is 0 Å². The summed E-state index contributed by atoms with van der Waals surface area (Å²) in [6.07, 6.45) is 7.39. The Kier molecular flexibility index (Phi) is 5.62. The largest absolute Gasteiger partial charge is 0.365 e. The van der Waals surface area contributed by atoms with Crippen molar-refractivity contribution in [1.29, 1.82) is 0 Å². The molecule has 0 aromatic carbocycles. The van der Waals surface area contributed by atoms with E-state index in [0.29, 0.717) is 5.69 Å². The van der Waals surface area contributed by atoms with Gasteiger partial charge in [0.2, 0.25) is 0 Å². The molecule has 5 N–H and O–H groups in total. The van der Waals surface area contributed by atoms with Crippen LogP contribution in [-0.4, -0.2) is 35.0 Å². The van der Waals surface area contributed by atoms with Gasteiger partial charge in [0, 0.05) is 30.2 Å². The first-order chi connectivity index (χ1) is 12.6. The normalized spacial score (nSPS) is 19.8. The number of pyridine rings is 2. The average Bonchev–Trinajstić information content (AvgIpc) is 2.65. The number of aromatic nitrogens is 2. The van der Waals surface area contributed by atoms with Crippen molar-refractivity contribution in [2.45, 2.75) is 37.8 Å². The molecule has 26 heavy (non-hydrogen) atoms. The number of nitrogens with two attached hydrogens (primary N) is 1. The highest BCUT2D eigenvalue weighted by atomic mass is 19.1. The lowest BCUT2D eigenvalue weighted by atomic mass is 9.90. The monoisotopic (exact) mass is 358 g/mol. The highest BCUT2D eigenvalue weighted by Crippen LogP contribution is 2.27. The number of likely N-dealkylation sites (N-methyl/N-ethyl adjacent to an activating group) is 1. The van der Waals surface area contributed by atoms with Crippen LogP contribution in [0.2, 0.25) is 0 Å². The molecule has 0 bridgehead atoms. The van der Waals surface area contributed by atoms with Crippen LogP contribution in [0.25, 0.3) is 0 Å². The van der Waals surface area contributed by atoms with E-state index in [1.807, 2.05) is 7.05 Å². The fraction of sp³-hybridized carbons (Fsp3) is 0.389. The van der Waals surface area contributed by atoms with Crippen LogP contribution in [0.3, 0.4) is 0 Å². The first-order valence-electron chi connectivity index (χ1n) is 8.69. The molecule has 2 unspecified atom stereocenters. The number of nitrogens with one attached hydrogen (secondary N) is 3.